The molecule has 1 aromatic carbocycles. The molecule has 0 amide bonds. The van der Waals surface area contributed by atoms with Crippen molar-refractivity contribution in [1.29, 1.82) is 0 Å². The summed E-state index contributed by atoms with van der Waals surface area (Å²) >= 11 is 0. The van der Waals surface area contributed by atoms with E-state index in [4.69, 9.17) is 5.73 Å². The topological polar surface area (TPSA) is 69.2 Å². The van der Waals surface area contributed by atoms with Crippen LogP contribution in [0.3, 0.4) is 0 Å². The number of nitro groups is 1. The minimum absolute atomic E-state index is 0. The molecule has 1 rings (SSSR count). The van der Waals surface area contributed by atoms with Gasteiger partial charge in [0.2, 0.25) is 5.82 Å². The molecular weight excluding hydrogens is 187 g/mol. The van der Waals surface area contributed by atoms with Crippen molar-refractivity contribution < 1.29 is 9.31 Å². The smallest absolute Gasteiger partial charge is 0.304 e. The highest BCUT2D eigenvalue weighted by molar-refractivity contribution is 5.85. The van der Waals surface area contributed by atoms with Crippen molar-refractivity contribution in [3.05, 3.63) is 34.1 Å². The number of anilines is 1. The van der Waals surface area contributed by atoms with Crippen LogP contribution in [0, 0.1) is 15.9 Å². The second kappa shape index (κ2) is 3.87. The van der Waals surface area contributed by atoms with E-state index in [1.54, 1.807) is 0 Å². The highest BCUT2D eigenvalue weighted by Crippen LogP contribution is 2.18. The van der Waals surface area contributed by atoms with Gasteiger partial charge >= 0.3 is 5.69 Å². The van der Waals surface area contributed by atoms with E-state index in [-0.39, 0.29) is 18.1 Å². The summed E-state index contributed by atoms with van der Waals surface area (Å²) in [4.78, 5) is 9.26. The molecule has 0 aliphatic carbocycles. The van der Waals surface area contributed by atoms with E-state index in [1.807, 2.05) is 0 Å². The van der Waals surface area contributed by atoms with Crippen LogP contribution in [-0.4, -0.2) is 4.92 Å². The summed E-state index contributed by atoms with van der Waals surface area (Å²) in [6.45, 7) is 0. The standard InChI is InChI=1S/C6H5FN2O2.ClH/c7-5-3-4(8)1-2-6(5)9(10)11;/h1-3H,8H2;1H. The Labute approximate surface area is 73.7 Å². The summed E-state index contributed by atoms with van der Waals surface area (Å²) < 4.78 is 12.6. The maximum absolute atomic E-state index is 12.6. The van der Waals surface area contributed by atoms with Crippen LogP contribution in [-0.2, 0) is 0 Å². The number of benzene rings is 1. The Balaban J connectivity index is 0.00000121. The van der Waals surface area contributed by atoms with Crippen molar-refractivity contribution in [3.8, 4) is 0 Å². The van der Waals surface area contributed by atoms with Gasteiger partial charge in [0.25, 0.3) is 0 Å². The molecule has 0 saturated carbocycles. The monoisotopic (exact) mass is 192 g/mol. The first-order valence-corrected chi connectivity index (χ1v) is 2.80. The number of halogens is 2. The Morgan fingerprint density at radius 1 is 1.50 bits per heavy atom. The van der Waals surface area contributed by atoms with Gasteiger partial charge in [0.05, 0.1) is 4.92 Å². The van der Waals surface area contributed by atoms with Gasteiger partial charge in [-0.2, -0.15) is 4.39 Å². The molecule has 0 radical (unpaired) electrons. The lowest BCUT2D eigenvalue weighted by molar-refractivity contribution is -0.387. The zero-order chi connectivity index (χ0) is 8.43. The molecule has 0 heterocycles. The van der Waals surface area contributed by atoms with Gasteiger partial charge in [-0.15, -0.1) is 12.4 Å². The van der Waals surface area contributed by atoms with Gasteiger partial charge < -0.3 is 5.73 Å². The Kier molecular flexibility index (Phi) is 3.43. The summed E-state index contributed by atoms with van der Waals surface area (Å²) in [6.07, 6.45) is 0. The number of hydrogen-bond acceptors (Lipinski definition) is 3. The summed E-state index contributed by atoms with van der Waals surface area (Å²) in [5.74, 6) is -0.907. The summed E-state index contributed by atoms with van der Waals surface area (Å²) in [5.41, 5.74) is 4.78. The van der Waals surface area contributed by atoms with E-state index < -0.39 is 16.4 Å². The van der Waals surface area contributed by atoms with Crippen molar-refractivity contribution in [3.63, 3.8) is 0 Å². The van der Waals surface area contributed by atoms with Gasteiger partial charge in [0.15, 0.2) is 0 Å². The van der Waals surface area contributed by atoms with Crippen LogP contribution in [0.1, 0.15) is 0 Å². The zero-order valence-electron chi connectivity index (χ0n) is 5.86. The maximum Gasteiger partial charge on any atom is 0.304 e. The molecule has 12 heavy (non-hydrogen) atoms. The van der Waals surface area contributed by atoms with Crippen molar-refractivity contribution in [2.45, 2.75) is 0 Å². The van der Waals surface area contributed by atoms with E-state index in [2.05, 4.69) is 0 Å². The lowest BCUT2D eigenvalue weighted by Gasteiger charge is -1.93. The molecule has 0 aliphatic rings. The minimum Gasteiger partial charge on any atom is -0.399 e. The summed E-state index contributed by atoms with van der Waals surface area (Å²) in [6, 6.07) is 3.23. The molecule has 6 heteroatoms. The Hall–Kier alpha value is -1.36. The molecule has 66 valence electrons. The Morgan fingerprint density at radius 3 is 2.50 bits per heavy atom. The van der Waals surface area contributed by atoms with E-state index in [1.165, 1.54) is 6.07 Å². The first-order valence-electron chi connectivity index (χ1n) is 2.80. The second-order valence-corrected chi connectivity index (χ2v) is 1.97. The zero-order valence-corrected chi connectivity index (χ0v) is 6.68. The molecule has 0 atom stereocenters. The van der Waals surface area contributed by atoms with Crippen LogP contribution in [0.2, 0.25) is 0 Å². The third-order valence-corrected chi connectivity index (χ3v) is 1.17. The van der Waals surface area contributed by atoms with E-state index in [9.17, 15) is 14.5 Å². The first-order chi connectivity index (χ1) is 5.11. The third-order valence-electron chi connectivity index (χ3n) is 1.17. The largest absolute Gasteiger partial charge is 0.399 e. The number of nitro benzene ring substituents is 1. The van der Waals surface area contributed by atoms with Gasteiger partial charge in [-0.25, -0.2) is 0 Å². The maximum atomic E-state index is 12.6. The summed E-state index contributed by atoms with van der Waals surface area (Å²) in [7, 11) is 0. The molecule has 0 saturated heterocycles. The van der Waals surface area contributed by atoms with Gasteiger partial charge in [0.1, 0.15) is 0 Å². The van der Waals surface area contributed by atoms with Gasteiger partial charge in [-0.05, 0) is 6.07 Å². The molecule has 2 N–H and O–H groups in total. The Bertz CT molecular complexity index is 306. The number of rotatable bonds is 1. The van der Waals surface area contributed by atoms with Crippen LogP contribution in [0.4, 0.5) is 15.8 Å². The van der Waals surface area contributed by atoms with Gasteiger partial charge in [-0.3, -0.25) is 10.1 Å². The average Bonchev–Trinajstić information content (AvgIpc) is 1.85. The second-order valence-electron chi connectivity index (χ2n) is 1.97. The normalized spacial score (nSPS) is 8.75. The number of nitrogens with two attached hydrogens (primary N) is 1. The van der Waals surface area contributed by atoms with E-state index in [0.29, 0.717) is 0 Å². The van der Waals surface area contributed by atoms with Crippen molar-refractivity contribution >= 4 is 23.8 Å². The molecule has 0 aliphatic heterocycles. The van der Waals surface area contributed by atoms with Crippen LogP contribution in [0.15, 0.2) is 18.2 Å². The molecule has 0 fully saturated rings. The van der Waals surface area contributed by atoms with Crippen molar-refractivity contribution in [2.24, 2.45) is 0 Å². The number of nitrogens with zero attached hydrogens (tertiary/aromatic N) is 1. The number of nitrogen functional groups attached to an aromatic ring is 1. The van der Waals surface area contributed by atoms with Gasteiger partial charge in [-0.1, -0.05) is 0 Å². The minimum atomic E-state index is -0.907. The van der Waals surface area contributed by atoms with Crippen molar-refractivity contribution in [1.82, 2.24) is 0 Å². The molecule has 4 nitrogen and oxygen atoms in total. The predicted molar refractivity (Wildman–Crippen MR) is 44.7 cm³/mol. The quantitative estimate of drug-likeness (QED) is 0.419. The lowest BCUT2D eigenvalue weighted by atomic mass is 10.3. The van der Waals surface area contributed by atoms with E-state index >= 15 is 0 Å². The fourth-order valence-electron chi connectivity index (χ4n) is 0.671. The SMILES string of the molecule is Cl.Nc1ccc([N+](=O)[O-])c(F)c1. The lowest BCUT2D eigenvalue weighted by Crippen LogP contribution is -1.93. The molecular formula is C6H6ClFN2O2. The average molecular weight is 193 g/mol. The van der Waals surface area contributed by atoms with Gasteiger partial charge in [0, 0.05) is 17.8 Å². The van der Waals surface area contributed by atoms with E-state index in [0.717, 1.165) is 12.1 Å². The highest BCUT2D eigenvalue weighted by atomic mass is 35.5. The molecule has 0 spiro atoms. The van der Waals surface area contributed by atoms with Crippen LogP contribution >= 0.6 is 12.4 Å². The Morgan fingerprint density at radius 2 is 2.08 bits per heavy atom. The molecule has 0 unspecified atom stereocenters. The third kappa shape index (κ3) is 2.06. The fraction of sp³-hybridized carbons (Fsp3) is 0. The van der Waals surface area contributed by atoms with Crippen LogP contribution in [0.5, 0.6) is 0 Å². The van der Waals surface area contributed by atoms with Crippen LogP contribution < -0.4 is 5.73 Å². The predicted octanol–water partition coefficient (Wildman–Crippen LogP) is 1.74. The molecule has 0 bridgehead atoms. The first kappa shape index (κ1) is 10.6. The number of hydrogen-bond donors (Lipinski definition) is 1. The van der Waals surface area contributed by atoms with Crippen LogP contribution in [0.25, 0.3) is 0 Å². The summed E-state index contributed by atoms with van der Waals surface area (Å²) in [5, 5.41) is 10.1. The van der Waals surface area contributed by atoms with Crippen molar-refractivity contribution in [2.75, 3.05) is 5.73 Å². The molecule has 0 aromatic heterocycles. The highest BCUT2D eigenvalue weighted by Gasteiger charge is 2.12. The fourth-order valence-corrected chi connectivity index (χ4v) is 0.671. The molecule has 1 aromatic rings.